The summed E-state index contributed by atoms with van der Waals surface area (Å²) in [6.07, 6.45) is 0. The lowest BCUT2D eigenvalue weighted by atomic mass is 10.3. The molecule has 7 heteroatoms. The van der Waals surface area contributed by atoms with Gasteiger partial charge in [-0.15, -0.1) is 0 Å². The van der Waals surface area contributed by atoms with Crippen molar-refractivity contribution in [2.24, 2.45) is 0 Å². The van der Waals surface area contributed by atoms with Crippen LogP contribution in [0.15, 0.2) is 40.8 Å². The monoisotopic (exact) mass is 323 g/mol. The first-order valence-electron chi connectivity index (χ1n) is 6.40. The van der Waals surface area contributed by atoms with Gasteiger partial charge in [0, 0.05) is 5.02 Å². The zero-order valence-electron chi connectivity index (χ0n) is 11.8. The predicted molar refractivity (Wildman–Crippen MR) is 78.8 cm³/mol. The van der Waals surface area contributed by atoms with Crippen molar-refractivity contribution in [3.8, 4) is 5.75 Å². The van der Waals surface area contributed by atoms with Crippen molar-refractivity contribution >= 4 is 23.5 Å². The van der Waals surface area contributed by atoms with Gasteiger partial charge >= 0.3 is 5.97 Å². The minimum absolute atomic E-state index is 0.0959. The molecule has 0 aliphatic rings. The van der Waals surface area contributed by atoms with Crippen LogP contribution in [-0.4, -0.2) is 25.5 Å². The molecule has 22 heavy (non-hydrogen) atoms. The lowest BCUT2D eigenvalue weighted by molar-refractivity contribution is -0.139. The Morgan fingerprint density at radius 3 is 2.59 bits per heavy atom. The minimum atomic E-state index is -0.536. The molecule has 1 heterocycles. The number of carbonyl (C=O) groups excluding carboxylic acids is 2. The normalized spacial score (nSPS) is 10.1. The number of esters is 1. The van der Waals surface area contributed by atoms with E-state index in [1.807, 2.05) is 0 Å². The zero-order chi connectivity index (χ0) is 15.9. The average Bonchev–Trinajstić information content (AvgIpc) is 3.00. The molecule has 0 aliphatic carbocycles. The van der Waals surface area contributed by atoms with Gasteiger partial charge in [0.2, 0.25) is 0 Å². The number of benzene rings is 1. The van der Waals surface area contributed by atoms with Gasteiger partial charge in [0.1, 0.15) is 24.7 Å². The van der Waals surface area contributed by atoms with Gasteiger partial charge in [0.05, 0.1) is 7.11 Å². The molecule has 0 unspecified atom stereocenters. The van der Waals surface area contributed by atoms with E-state index in [1.54, 1.807) is 30.3 Å². The Morgan fingerprint density at radius 2 is 1.91 bits per heavy atom. The van der Waals surface area contributed by atoms with E-state index >= 15 is 0 Å². The van der Waals surface area contributed by atoms with Crippen LogP contribution >= 0.6 is 11.6 Å². The molecule has 0 aliphatic heterocycles. The first kappa shape index (κ1) is 15.9. The molecule has 0 saturated carbocycles. The van der Waals surface area contributed by atoms with Crippen molar-refractivity contribution in [1.29, 1.82) is 0 Å². The Hall–Kier alpha value is -2.47. The second-order valence-corrected chi connectivity index (χ2v) is 4.70. The van der Waals surface area contributed by atoms with Gasteiger partial charge in [-0.3, -0.25) is 9.59 Å². The number of furan rings is 1. The van der Waals surface area contributed by atoms with E-state index in [1.165, 1.54) is 13.2 Å². The number of hydrogen-bond donors (Lipinski definition) is 1. The fraction of sp³-hybridized carbons (Fsp3) is 0.200. The fourth-order valence-electron chi connectivity index (χ4n) is 1.57. The van der Waals surface area contributed by atoms with Crippen molar-refractivity contribution in [2.75, 3.05) is 13.7 Å². The lowest BCUT2D eigenvalue weighted by Gasteiger charge is -2.04. The minimum Gasteiger partial charge on any atom is -0.486 e. The van der Waals surface area contributed by atoms with E-state index < -0.39 is 11.9 Å². The molecule has 1 aromatic heterocycles. The standard InChI is InChI=1S/C15H14ClNO5/c1-20-14(18)8-17-15(19)13-7-6-12(22-13)9-21-11-4-2-10(16)3-5-11/h2-7H,8-9H2,1H3,(H,17,19). The smallest absolute Gasteiger partial charge is 0.325 e. The third kappa shape index (κ3) is 4.53. The number of ether oxygens (including phenoxy) is 2. The van der Waals surface area contributed by atoms with Crippen LogP contribution < -0.4 is 10.1 Å². The molecule has 6 nitrogen and oxygen atoms in total. The Kier molecular flexibility index (Phi) is 5.43. The fourth-order valence-corrected chi connectivity index (χ4v) is 1.70. The number of nitrogens with one attached hydrogen (secondary N) is 1. The van der Waals surface area contributed by atoms with Crippen LogP contribution in [0.2, 0.25) is 5.02 Å². The molecule has 0 spiro atoms. The summed E-state index contributed by atoms with van der Waals surface area (Å²) < 4.78 is 15.3. The Labute approximate surface area is 132 Å². The van der Waals surface area contributed by atoms with E-state index in [9.17, 15) is 9.59 Å². The summed E-state index contributed by atoms with van der Waals surface area (Å²) in [6, 6.07) is 10.0. The van der Waals surface area contributed by atoms with Crippen LogP contribution in [0.25, 0.3) is 0 Å². The number of halogens is 1. The number of rotatable bonds is 6. The van der Waals surface area contributed by atoms with Crippen LogP contribution in [0.5, 0.6) is 5.75 Å². The summed E-state index contributed by atoms with van der Waals surface area (Å²) in [5, 5.41) is 3.00. The van der Waals surface area contributed by atoms with Crippen LogP contribution in [0.4, 0.5) is 0 Å². The average molecular weight is 324 g/mol. The molecular weight excluding hydrogens is 310 g/mol. The highest BCUT2D eigenvalue weighted by Crippen LogP contribution is 2.17. The first-order valence-corrected chi connectivity index (χ1v) is 6.78. The highest BCUT2D eigenvalue weighted by molar-refractivity contribution is 6.30. The summed E-state index contributed by atoms with van der Waals surface area (Å²) >= 11 is 5.78. The van der Waals surface area contributed by atoms with Gasteiger partial charge in [-0.1, -0.05) is 11.6 Å². The second kappa shape index (κ2) is 7.51. The summed E-state index contributed by atoms with van der Waals surface area (Å²) in [5.41, 5.74) is 0. The van der Waals surface area contributed by atoms with Gasteiger partial charge in [-0.05, 0) is 36.4 Å². The number of carbonyl (C=O) groups is 2. The molecule has 0 radical (unpaired) electrons. The summed E-state index contributed by atoms with van der Waals surface area (Å²) in [6.45, 7) is -0.0431. The van der Waals surface area contributed by atoms with E-state index in [2.05, 4.69) is 10.1 Å². The van der Waals surface area contributed by atoms with Crippen LogP contribution in [0.3, 0.4) is 0 Å². The van der Waals surface area contributed by atoms with Gasteiger partial charge < -0.3 is 19.2 Å². The lowest BCUT2D eigenvalue weighted by Crippen LogP contribution is -2.29. The van der Waals surface area contributed by atoms with Crippen molar-refractivity contribution < 1.29 is 23.5 Å². The van der Waals surface area contributed by atoms with Gasteiger partial charge in [-0.25, -0.2) is 0 Å². The van der Waals surface area contributed by atoms with Gasteiger partial charge in [0.15, 0.2) is 5.76 Å². The molecule has 1 aromatic carbocycles. The molecule has 116 valence electrons. The van der Waals surface area contributed by atoms with Crippen LogP contribution in [0, 0.1) is 0 Å². The maximum absolute atomic E-state index is 11.7. The maximum atomic E-state index is 11.7. The maximum Gasteiger partial charge on any atom is 0.325 e. The van der Waals surface area contributed by atoms with E-state index in [4.69, 9.17) is 20.8 Å². The van der Waals surface area contributed by atoms with Crippen molar-refractivity contribution in [3.63, 3.8) is 0 Å². The molecule has 2 aromatic rings. The predicted octanol–water partition coefficient (Wildman–Crippen LogP) is 2.41. The highest BCUT2D eigenvalue weighted by atomic mass is 35.5. The molecule has 0 atom stereocenters. The molecule has 1 N–H and O–H groups in total. The van der Waals surface area contributed by atoms with Crippen molar-refractivity contribution in [1.82, 2.24) is 5.32 Å². The Bertz CT molecular complexity index is 650. The zero-order valence-corrected chi connectivity index (χ0v) is 12.6. The topological polar surface area (TPSA) is 77.8 Å². The van der Waals surface area contributed by atoms with Crippen molar-refractivity contribution in [3.05, 3.63) is 52.9 Å². The Morgan fingerprint density at radius 1 is 1.18 bits per heavy atom. The molecule has 0 saturated heterocycles. The number of hydrogen-bond acceptors (Lipinski definition) is 5. The SMILES string of the molecule is COC(=O)CNC(=O)c1ccc(COc2ccc(Cl)cc2)o1. The van der Waals surface area contributed by atoms with Gasteiger partial charge in [0.25, 0.3) is 5.91 Å². The molecule has 1 amide bonds. The number of methoxy groups -OCH3 is 1. The number of amides is 1. The Balaban J connectivity index is 1.86. The third-order valence-corrected chi connectivity index (χ3v) is 2.95. The van der Waals surface area contributed by atoms with E-state index in [0.717, 1.165) is 0 Å². The molecule has 0 fully saturated rings. The summed E-state index contributed by atoms with van der Waals surface area (Å²) in [5.74, 6) is 0.184. The molecule has 2 rings (SSSR count). The van der Waals surface area contributed by atoms with Crippen LogP contribution in [-0.2, 0) is 16.1 Å². The third-order valence-electron chi connectivity index (χ3n) is 2.70. The molecule has 0 bridgehead atoms. The quantitative estimate of drug-likeness (QED) is 0.826. The van der Waals surface area contributed by atoms with Crippen molar-refractivity contribution in [2.45, 2.75) is 6.61 Å². The van der Waals surface area contributed by atoms with Gasteiger partial charge in [-0.2, -0.15) is 0 Å². The van der Waals surface area contributed by atoms with Crippen LogP contribution in [0.1, 0.15) is 16.3 Å². The summed E-state index contributed by atoms with van der Waals surface area (Å²) in [7, 11) is 1.24. The summed E-state index contributed by atoms with van der Waals surface area (Å²) in [4.78, 5) is 22.7. The first-order chi connectivity index (χ1) is 10.6. The highest BCUT2D eigenvalue weighted by Gasteiger charge is 2.12. The second-order valence-electron chi connectivity index (χ2n) is 4.27. The van der Waals surface area contributed by atoms with E-state index in [0.29, 0.717) is 16.5 Å². The molecular formula is C15H14ClNO5. The largest absolute Gasteiger partial charge is 0.486 e. The van der Waals surface area contributed by atoms with E-state index in [-0.39, 0.29) is 18.9 Å².